The van der Waals surface area contributed by atoms with Gasteiger partial charge in [0.2, 0.25) is 0 Å². The summed E-state index contributed by atoms with van der Waals surface area (Å²) in [5.74, 6) is -0.755. The lowest BCUT2D eigenvalue weighted by molar-refractivity contribution is -0.210. The van der Waals surface area contributed by atoms with Crippen LogP contribution in [0.2, 0.25) is 0 Å². The average molecular weight is 402 g/mol. The number of carbonyl (C=O) groups is 2. The SMILES string of the molecule is CO[C@H]1C2=C(C(=O)[C@@H]3O[C@@H]31)[C@@H]1[C@@H]3[C@@H](C)OC=C4[C@H](O)[C@H]5O[C@H]5C(=O)[C@]43[C@H]2O[C@@H]1C. The molecule has 0 aromatic rings. The van der Waals surface area contributed by atoms with Gasteiger partial charge in [-0.15, -0.1) is 0 Å². The Hall–Kier alpha value is -1.58. The van der Waals surface area contributed by atoms with Crippen LogP contribution in [0.5, 0.6) is 0 Å². The maximum absolute atomic E-state index is 13.8. The summed E-state index contributed by atoms with van der Waals surface area (Å²) < 4.78 is 29.3. The molecule has 1 N–H and O–H groups in total. The van der Waals surface area contributed by atoms with E-state index in [4.69, 9.17) is 23.7 Å². The summed E-state index contributed by atoms with van der Waals surface area (Å²) in [6.45, 7) is 3.86. The lowest BCUT2D eigenvalue weighted by Crippen LogP contribution is -2.72. The number of Topliss-reactive ketones (excluding diaryl/α,β-unsaturated/α-hetero) is 2. The van der Waals surface area contributed by atoms with E-state index in [-0.39, 0.29) is 41.7 Å². The van der Waals surface area contributed by atoms with Gasteiger partial charge in [0.25, 0.3) is 0 Å². The van der Waals surface area contributed by atoms with Crippen molar-refractivity contribution in [2.24, 2.45) is 17.3 Å². The van der Waals surface area contributed by atoms with E-state index in [9.17, 15) is 14.7 Å². The van der Waals surface area contributed by atoms with Crippen LogP contribution < -0.4 is 0 Å². The lowest BCUT2D eigenvalue weighted by Gasteiger charge is -2.63. The quantitative estimate of drug-likeness (QED) is 0.595. The Labute approximate surface area is 166 Å². The molecular weight excluding hydrogens is 380 g/mol. The minimum atomic E-state index is -1.11. The molecule has 8 rings (SSSR count). The molecule has 4 fully saturated rings. The number of hydrogen-bond donors (Lipinski definition) is 1. The normalized spacial score (nSPS) is 58.3. The first-order chi connectivity index (χ1) is 13.9. The second-order valence-electron chi connectivity index (χ2n) is 9.30. The zero-order chi connectivity index (χ0) is 20.0. The first kappa shape index (κ1) is 17.1. The number of aliphatic hydroxyl groups is 1. The third-order valence-electron chi connectivity index (χ3n) is 8.23. The third kappa shape index (κ3) is 1.66. The van der Waals surface area contributed by atoms with Crippen molar-refractivity contribution in [1.82, 2.24) is 0 Å². The van der Waals surface area contributed by atoms with Gasteiger partial charge in [0.15, 0.2) is 11.6 Å². The van der Waals surface area contributed by atoms with Crippen molar-refractivity contribution < 1.29 is 38.4 Å². The van der Waals surface area contributed by atoms with Crippen LogP contribution in [0.15, 0.2) is 23.0 Å². The zero-order valence-corrected chi connectivity index (χ0v) is 16.2. The van der Waals surface area contributed by atoms with Crippen LogP contribution in [-0.2, 0) is 33.3 Å². The molecule has 3 saturated heterocycles. The highest BCUT2D eigenvalue weighted by molar-refractivity contribution is 6.06. The molecule has 5 aliphatic heterocycles. The van der Waals surface area contributed by atoms with Gasteiger partial charge in [0, 0.05) is 30.1 Å². The van der Waals surface area contributed by atoms with Gasteiger partial charge in [-0.3, -0.25) is 9.59 Å². The van der Waals surface area contributed by atoms with Crippen LogP contribution in [0.25, 0.3) is 0 Å². The maximum atomic E-state index is 13.8. The number of methoxy groups -OCH3 is 1. The summed E-state index contributed by atoms with van der Waals surface area (Å²) in [5.41, 5.74) is 0.811. The van der Waals surface area contributed by atoms with Crippen LogP contribution in [0.1, 0.15) is 13.8 Å². The van der Waals surface area contributed by atoms with Gasteiger partial charge in [-0.2, -0.15) is 0 Å². The van der Waals surface area contributed by atoms with E-state index >= 15 is 0 Å². The second kappa shape index (κ2) is 5.00. The summed E-state index contributed by atoms with van der Waals surface area (Å²) in [7, 11) is 1.59. The summed E-state index contributed by atoms with van der Waals surface area (Å²) in [6, 6.07) is 0. The van der Waals surface area contributed by atoms with Gasteiger partial charge >= 0.3 is 0 Å². The maximum Gasteiger partial charge on any atom is 0.190 e. The Morgan fingerprint density at radius 3 is 2.59 bits per heavy atom. The van der Waals surface area contributed by atoms with E-state index in [1.54, 1.807) is 7.11 Å². The van der Waals surface area contributed by atoms with Crippen molar-refractivity contribution in [2.45, 2.75) is 68.8 Å². The number of fused-ring (bicyclic) bond motifs is 3. The molecule has 8 nitrogen and oxygen atoms in total. The predicted molar refractivity (Wildman–Crippen MR) is 93.5 cm³/mol. The molecule has 0 unspecified atom stereocenters. The number of ketones is 2. The molecule has 29 heavy (non-hydrogen) atoms. The van der Waals surface area contributed by atoms with Crippen molar-refractivity contribution in [1.29, 1.82) is 0 Å². The minimum Gasteiger partial charge on any atom is -0.498 e. The second-order valence-corrected chi connectivity index (χ2v) is 9.30. The largest absolute Gasteiger partial charge is 0.498 e. The number of aliphatic hydroxyl groups excluding tert-OH is 1. The summed E-state index contributed by atoms with van der Waals surface area (Å²) in [5, 5.41) is 11.0. The number of epoxide rings is 2. The van der Waals surface area contributed by atoms with E-state index in [2.05, 4.69) is 0 Å². The number of ether oxygens (including phenoxy) is 5. The van der Waals surface area contributed by atoms with Crippen LogP contribution >= 0.6 is 0 Å². The van der Waals surface area contributed by atoms with E-state index in [1.807, 2.05) is 13.8 Å². The van der Waals surface area contributed by atoms with Crippen molar-refractivity contribution in [3.8, 4) is 0 Å². The van der Waals surface area contributed by atoms with E-state index < -0.39 is 42.0 Å². The summed E-state index contributed by atoms with van der Waals surface area (Å²) in [6.07, 6.45) is -3.09. The molecule has 0 aromatic heterocycles. The van der Waals surface area contributed by atoms with Gasteiger partial charge in [0.05, 0.1) is 30.0 Å². The van der Waals surface area contributed by atoms with Gasteiger partial charge in [-0.1, -0.05) is 0 Å². The fourth-order valence-electron chi connectivity index (χ4n) is 7.09. The fraction of sp³-hybridized carbons (Fsp3) is 0.714. The molecule has 12 atom stereocenters. The van der Waals surface area contributed by atoms with Gasteiger partial charge < -0.3 is 28.8 Å². The van der Waals surface area contributed by atoms with Crippen LogP contribution in [-0.4, -0.2) is 78.7 Å². The molecule has 5 heterocycles. The molecule has 8 heteroatoms. The van der Waals surface area contributed by atoms with Crippen LogP contribution in [0, 0.1) is 17.3 Å². The molecule has 0 amide bonds. The Bertz CT molecular complexity index is 937. The number of rotatable bonds is 1. The fourth-order valence-corrected chi connectivity index (χ4v) is 7.09. The van der Waals surface area contributed by atoms with E-state index in [1.165, 1.54) is 6.26 Å². The predicted octanol–water partition coefficient (Wildman–Crippen LogP) is -0.319. The molecule has 1 spiro atoms. The molecule has 3 aliphatic carbocycles. The molecule has 0 aromatic carbocycles. The Morgan fingerprint density at radius 1 is 1.07 bits per heavy atom. The molecule has 2 bridgehead atoms. The van der Waals surface area contributed by atoms with Crippen molar-refractivity contribution in [2.75, 3.05) is 7.11 Å². The monoisotopic (exact) mass is 402 g/mol. The molecule has 1 saturated carbocycles. The highest BCUT2D eigenvalue weighted by atomic mass is 16.6. The Balaban J connectivity index is 1.52. The zero-order valence-electron chi connectivity index (χ0n) is 16.2. The molecule has 0 radical (unpaired) electrons. The van der Waals surface area contributed by atoms with Gasteiger partial charge in [0.1, 0.15) is 36.6 Å². The van der Waals surface area contributed by atoms with Crippen LogP contribution in [0.4, 0.5) is 0 Å². The smallest absolute Gasteiger partial charge is 0.190 e. The highest BCUT2D eigenvalue weighted by Gasteiger charge is 2.79. The standard InChI is InChI=1S/C21H22O8/c1-5-8-9-10(14(25-3)17-16(28-17)13(9)23)20(27-5)21-7(4-26-6(2)11(8)21)12(22)15-18(29-15)19(21)24/h4-6,8,11-12,14-18,20,22H,1-3H3/t5-,6-,8-,11+,12+,14+,15-,16+,17-,18-,20+,21+/m1/s1. The van der Waals surface area contributed by atoms with E-state index in [0.29, 0.717) is 11.1 Å². The first-order valence-corrected chi connectivity index (χ1v) is 10.3. The Morgan fingerprint density at radius 2 is 1.83 bits per heavy atom. The summed E-state index contributed by atoms with van der Waals surface area (Å²) >= 11 is 0. The lowest BCUT2D eigenvalue weighted by atomic mass is 9.45. The van der Waals surface area contributed by atoms with Gasteiger partial charge in [-0.25, -0.2) is 0 Å². The van der Waals surface area contributed by atoms with Crippen LogP contribution in [0.3, 0.4) is 0 Å². The topological polar surface area (TPSA) is 107 Å². The molecule has 8 aliphatic rings. The van der Waals surface area contributed by atoms with E-state index in [0.717, 1.165) is 5.57 Å². The van der Waals surface area contributed by atoms with Crippen molar-refractivity contribution >= 4 is 11.6 Å². The minimum absolute atomic E-state index is 0.0223. The highest BCUT2D eigenvalue weighted by Crippen LogP contribution is 2.67. The molecule has 154 valence electrons. The number of carbonyl (C=O) groups excluding carboxylic acids is 2. The average Bonchev–Trinajstić information content (AvgIpc) is 3.60. The Kier molecular flexibility index (Phi) is 2.96. The first-order valence-electron chi connectivity index (χ1n) is 10.3. The molecular formula is C21H22O8. The van der Waals surface area contributed by atoms with Crippen molar-refractivity contribution in [3.63, 3.8) is 0 Å². The van der Waals surface area contributed by atoms with Gasteiger partial charge in [-0.05, 0) is 19.4 Å². The van der Waals surface area contributed by atoms with Crippen molar-refractivity contribution in [3.05, 3.63) is 23.0 Å². The third-order valence-corrected chi connectivity index (χ3v) is 8.23. The number of hydrogen-bond acceptors (Lipinski definition) is 8. The summed E-state index contributed by atoms with van der Waals surface area (Å²) in [4.78, 5) is 27.0.